The molecule has 0 saturated heterocycles. The fourth-order valence-corrected chi connectivity index (χ4v) is 1.86. The molecule has 21 heavy (non-hydrogen) atoms. The van der Waals surface area contributed by atoms with E-state index in [9.17, 15) is 19.1 Å². The third kappa shape index (κ3) is 3.45. The Morgan fingerprint density at radius 3 is 2.33 bits per heavy atom. The fourth-order valence-electron chi connectivity index (χ4n) is 1.86. The van der Waals surface area contributed by atoms with E-state index in [0.717, 1.165) is 0 Å². The van der Waals surface area contributed by atoms with Crippen LogP contribution >= 0.6 is 0 Å². The Balaban J connectivity index is 2.31. The minimum atomic E-state index is -0.517. The van der Waals surface area contributed by atoms with E-state index in [4.69, 9.17) is 0 Å². The maximum Gasteiger partial charge on any atom is 0.310 e. The van der Waals surface area contributed by atoms with Crippen LogP contribution in [0.5, 0.6) is 5.75 Å². The average Bonchev–Trinajstić information content (AvgIpc) is 2.49. The van der Waals surface area contributed by atoms with Gasteiger partial charge in [0.2, 0.25) is 0 Å². The lowest BCUT2D eigenvalue weighted by atomic mass is 9.99. The number of hydrogen-bond donors (Lipinski definition) is 1. The number of phenols is 1. The van der Waals surface area contributed by atoms with Gasteiger partial charge in [0, 0.05) is 16.7 Å². The van der Waals surface area contributed by atoms with Gasteiger partial charge in [-0.25, -0.2) is 4.39 Å². The van der Waals surface area contributed by atoms with Crippen molar-refractivity contribution in [3.63, 3.8) is 0 Å². The van der Waals surface area contributed by atoms with E-state index in [1.165, 1.54) is 49.6 Å². The summed E-state index contributed by atoms with van der Waals surface area (Å²) in [6.07, 6.45) is -0.132. The second kappa shape index (κ2) is 6.17. The number of carbonyl (C=O) groups is 2. The number of ether oxygens (including phenoxy) is 1. The van der Waals surface area contributed by atoms with Crippen LogP contribution in [0.2, 0.25) is 0 Å². The summed E-state index contributed by atoms with van der Waals surface area (Å²) >= 11 is 0. The van der Waals surface area contributed by atoms with Crippen molar-refractivity contribution in [2.75, 3.05) is 7.11 Å². The Morgan fingerprint density at radius 2 is 1.71 bits per heavy atom. The Hall–Kier alpha value is -2.69. The standard InChI is InChI=1S/C16H13FO4/c1-21-15(19)9-12-8-11(4-7-14(12)18)16(20)10-2-5-13(17)6-3-10/h2-8,18H,9H2,1H3. The molecular weight excluding hydrogens is 275 g/mol. The Morgan fingerprint density at radius 1 is 1.10 bits per heavy atom. The zero-order chi connectivity index (χ0) is 15.4. The number of phenolic OH excluding ortho intramolecular Hbond substituents is 1. The maximum absolute atomic E-state index is 12.9. The van der Waals surface area contributed by atoms with Crippen molar-refractivity contribution in [1.82, 2.24) is 0 Å². The molecule has 0 bridgehead atoms. The lowest BCUT2D eigenvalue weighted by Crippen LogP contribution is -2.07. The van der Waals surface area contributed by atoms with Gasteiger partial charge in [-0.2, -0.15) is 0 Å². The van der Waals surface area contributed by atoms with Gasteiger partial charge in [-0.15, -0.1) is 0 Å². The van der Waals surface area contributed by atoms with Crippen LogP contribution in [-0.2, 0) is 16.0 Å². The fraction of sp³-hybridized carbons (Fsp3) is 0.125. The molecule has 2 aromatic rings. The van der Waals surface area contributed by atoms with Gasteiger partial charge in [-0.1, -0.05) is 0 Å². The van der Waals surface area contributed by atoms with Gasteiger partial charge in [0.05, 0.1) is 13.5 Å². The summed E-state index contributed by atoms with van der Waals surface area (Å²) in [5, 5.41) is 9.70. The van der Waals surface area contributed by atoms with Gasteiger partial charge in [-0.3, -0.25) is 9.59 Å². The SMILES string of the molecule is COC(=O)Cc1cc(C(=O)c2ccc(F)cc2)ccc1O. The number of methoxy groups -OCH3 is 1. The second-order valence-electron chi connectivity index (χ2n) is 4.43. The summed E-state index contributed by atoms with van der Waals surface area (Å²) in [7, 11) is 1.24. The molecule has 108 valence electrons. The van der Waals surface area contributed by atoms with E-state index >= 15 is 0 Å². The molecule has 0 aliphatic heterocycles. The molecule has 0 amide bonds. The Bertz CT molecular complexity index is 677. The first kappa shape index (κ1) is 14.7. The van der Waals surface area contributed by atoms with Gasteiger partial charge >= 0.3 is 5.97 Å². The smallest absolute Gasteiger partial charge is 0.310 e. The van der Waals surface area contributed by atoms with Gasteiger partial charge < -0.3 is 9.84 Å². The van der Waals surface area contributed by atoms with Crippen LogP contribution in [0.4, 0.5) is 4.39 Å². The van der Waals surface area contributed by atoms with Crippen molar-refractivity contribution in [3.8, 4) is 5.75 Å². The number of hydrogen-bond acceptors (Lipinski definition) is 4. The van der Waals surface area contributed by atoms with Crippen LogP contribution in [0, 0.1) is 5.82 Å². The molecule has 0 aliphatic rings. The topological polar surface area (TPSA) is 63.6 Å². The number of esters is 1. The Kier molecular flexibility index (Phi) is 4.33. The van der Waals surface area contributed by atoms with Crippen LogP contribution in [0.25, 0.3) is 0 Å². The lowest BCUT2D eigenvalue weighted by molar-refractivity contribution is -0.139. The zero-order valence-electron chi connectivity index (χ0n) is 11.3. The minimum Gasteiger partial charge on any atom is -0.508 e. The van der Waals surface area contributed by atoms with Crippen molar-refractivity contribution in [2.24, 2.45) is 0 Å². The molecule has 0 fully saturated rings. The quantitative estimate of drug-likeness (QED) is 0.693. The lowest BCUT2D eigenvalue weighted by Gasteiger charge is -2.07. The number of halogens is 1. The molecule has 0 heterocycles. The van der Waals surface area contributed by atoms with E-state index in [-0.39, 0.29) is 18.0 Å². The molecule has 1 N–H and O–H groups in total. The molecule has 0 aromatic heterocycles. The van der Waals surface area contributed by atoms with E-state index in [2.05, 4.69) is 4.74 Å². The van der Waals surface area contributed by atoms with Gasteiger partial charge in [0.15, 0.2) is 5.78 Å². The zero-order valence-corrected chi connectivity index (χ0v) is 11.3. The maximum atomic E-state index is 12.9. The first-order valence-electron chi connectivity index (χ1n) is 6.20. The highest BCUT2D eigenvalue weighted by Gasteiger charge is 2.14. The highest BCUT2D eigenvalue weighted by molar-refractivity contribution is 6.09. The molecule has 0 atom stereocenters. The highest BCUT2D eigenvalue weighted by Crippen LogP contribution is 2.21. The predicted octanol–water partition coefficient (Wildman–Crippen LogP) is 2.48. The van der Waals surface area contributed by atoms with Gasteiger partial charge in [-0.05, 0) is 42.5 Å². The first-order chi connectivity index (χ1) is 10.0. The monoisotopic (exact) mass is 288 g/mol. The largest absolute Gasteiger partial charge is 0.508 e. The molecule has 0 aliphatic carbocycles. The van der Waals surface area contributed by atoms with Crippen LogP contribution in [0.3, 0.4) is 0 Å². The third-order valence-electron chi connectivity index (χ3n) is 3.01. The summed E-state index contributed by atoms with van der Waals surface area (Å²) in [4.78, 5) is 23.5. The van der Waals surface area contributed by atoms with Crippen LogP contribution in [0.15, 0.2) is 42.5 Å². The predicted molar refractivity (Wildman–Crippen MR) is 73.7 cm³/mol. The summed E-state index contributed by atoms with van der Waals surface area (Å²) in [5.41, 5.74) is 0.930. The summed E-state index contributed by atoms with van der Waals surface area (Å²) in [6.45, 7) is 0. The summed E-state index contributed by atoms with van der Waals surface area (Å²) in [5.74, 6) is -1.35. The molecule has 4 nitrogen and oxygen atoms in total. The first-order valence-corrected chi connectivity index (χ1v) is 6.20. The van der Waals surface area contributed by atoms with E-state index < -0.39 is 11.8 Å². The van der Waals surface area contributed by atoms with Crippen molar-refractivity contribution in [3.05, 3.63) is 65.0 Å². The number of aromatic hydroxyl groups is 1. The van der Waals surface area contributed by atoms with Gasteiger partial charge in [0.1, 0.15) is 11.6 Å². The normalized spacial score (nSPS) is 10.2. The molecule has 2 rings (SSSR count). The van der Waals surface area contributed by atoms with Crippen molar-refractivity contribution < 1.29 is 23.8 Å². The number of ketones is 1. The molecule has 2 aromatic carbocycles. The third-order valence-corrected chi connectivity index (χ3v) is 3.01. The van der Waals surface area contributed by atoms with Crippen LogP contribution in [-0.4, -0.2) is 24.0 Å². The summed E-state index contributed by atoms with van der Waals surface area (Å²) < 4.78 is 17.4. The molecule has 5 heteroatoms. The minimum absolute atomic E-state index is 0.0870. The average molecular weight is 288 g/mol. The van der Waals surface area contributed by atoms with Crippen molar-refractivity contribution in [2.45, 2.75) is 6.42 Å². The molecule has 0 radical (unpaired) electrons. The highest BCUT2D eigenvalue weighted by atomic mass is 19.1. The van der Waals surface area contributed by atoms with E-state index in [1.54, 1.807) is 0 Å². The van der Waals surface area contributed by atoms with E-state index in [1.807, 2.05) is 0 Å². The second-order valence-corrected chi connectivity index (χ2v) is 4.43. The number of benzene rings is 2. The summed E-state index contributed by atoms with van der Waals surface area (Å²) in [6, 6.07) is 9.37. The van der Waals surface area contributed by atoms with E-state index in [0.29, 0.717) is 16.7 Å². The Labute approximate surface area is 120 Å². The molecule has 0 unspecified atom stereocenters. The van der Waals surface area contributed by atoms with Crippen LogP contribution < -0.4 is 0 Å². The van der Waals surface area contributed by atoms with Crippen LogP contribution in [0.1, 0.15) is 21.5 Å². The number of carbonyl (C=O) groups excluding carboxylic acids is 2. The molecule has 0 spiro atoms. The molecular formula is C16H13FO4. The van der Waals surface area contributed by atoms with Crippen molar-refractivity contribution >= 4 is 11.8 Å². The molecule has 0 saturated carbocycles. The number of rotatable bonds is 4. The van der Waals surface area contributed by atoms with Crippen molar-refractivity contribution in [1.29, 1.82) is 0 Å². The van der Waals surface area contributed by atoms with Gasteiger partial charge in [0.25, 0.3) is 0 Å².